The van der Waals surface area contributed by atoms with Crippen LogP contribution in [0.1, 0.15) is 20.8 Å². The van der Waals surface area contributed by atoms with Crippen LogP contribution in [-0.2, 0) is 14.8 Å². The second kappa shape index (κ2) is 9.11. The highest BCUT2D eigenvalue weighted by Crippen LogP contribution is 2.27. The van der Waals surface area contributed by atoms with Crippen LogP contribution in [0.3, 0.4) is 0 Å². The van der Waals surface area contributed by atoms with Crippen LogP contribution in [0.15, 0.2) is 88.2 Å². The number of sulfonamides is 1. The number of rotatable bonds is 6. The third-order valence-corrected chi connectivity index (χ3v) is 6.29. The van der Waals surface area contributed by atoms with Gasteiger partial charge in [-0.3, -0.25) is 9.52 Å². The molecule has 0 radical (unpaired) electrons. The summed E-state index contributed by atoms with van der Waals surface area (Å²) < 4.78 is 34.2. The number of carbonyl (C=O) groups excluding carboxylic acids is 1. The molecule has 0 unspecified atom stereocenters. The van der Waals surface area contributed by atoms with Gasteiger partial charge in [-0.25, -0.2) is 8.42 Å². The molecule has 0 saturated carbocycles. The summed E-state index contributed by atoms with van der Waals surface area (Å²) in [5.74, 6) is 0.435. The first-order chi connectivity index (χ1) is 16.1. The zero-order valence-electron chi connectivity index (χ0n) is 18.9. The van der Waals surface area contributed by atoms with Crippen molar-refractivity contribution >= 4 is 27.3 Å². The average molecular weight is 477 g/mol. The number of amides is 1. The summed E-state index contributed by atoms with van der Waals surface area (Å²) in [6, 6.07) is 22.0. The van der Waals surface area contributed by atoms with Gasteiger partial charge in [-0.1, -0.05) is 45.0 Å². The molecule has 34 heavy (non-hydrogen) atoms. The Bertz CT molecular complexity index is 1410. The van der Waals surface area contributed by atoms with Crippen LogP contribution in [0.2, 0.25) is 0 Å². The summed E-state index contributed by atoms with van der Waals surface area (Å²) in [6.45, 7) is 5.45. The van der Waals surface area contributed by atoms with Crippen molar-refractivity contribution in [1.29, 1.82) is 0 Å². The number of hydrogen-bond donors (Lipinski definition) is 2. The van der Waals surface area contributed by atoms with Crippen LogP contribution < -0.4 is 10.0 Å². The molecule has 4 rings (SSSR count). The fraction of sp³-hybridized carbons (Fsp3) is 0.160. The lowest BCUT2D eigenvalue weighted by atomic mass is 9.95. The number of anilines is 2. The van der Waals surface area contributed by atoms with Gasteiger partial charge < -0.3 is 9.73 Å². The van der Waals surface area contributed by atoms with E-state index in [4.69, 9.17) is 4.42 Å². The summed E-state index contributed by atoms with van der Waals surface area (Å²) in [5, 5.41) is 10.9. The number of nitrogens with zero attached hydrogens (tertiary/aromatic N) is 2. The van der Waals surface area contributed by atoms with E-state index in [9.17, 15) is 13.2 Å². The van der Waals surface area contributed by atoms with E-state index in [1.165, 1.54) is 12.1 Å². The van der Waals surface area contributed by atoms with Crippen LogP contribution in [0.5, 0.6) is 0 Å². The standard InChI is InChI=1S/C25H24N4O4S/c1-25(2,3)24(30)26-19-12-14-20(15-13-19)29-34(31,32)21-11-7-10-18(16-21)23-28-27-22(33-23)17-8-5-4-6-9-17/h4-16,29H,1-3H3,(H,26,30). The van der Waals surface area contributed by atoms with E-state index in [1.54, 1.807) is 36.4 Å². The maximum atomic E-state index is 13.0. The van der Waals surface area contributed by atoms with Crippen LogP contribution in [-0.4, -0.2) is 24.5 Å². The van der Waals surface area contributed by atoms with Gasteiger partial charge in [-0.2, -0.15) is 0 Å². The first-order valence-electron chi connectivity index (χ1n) is 10.6. The van der Waals surface area contributed by atoms with E-state index in [0.29, 0.717) is 22.8 Å². The van der Waals surface area contributed by atoms with Crippen LogP contribution >= 0.6 is 0 Å². The molecule has 0 saturated heterocycles. The smallest absolute Gasteiger partial charge is 0.261 e. The van der Waals surface area contributed by atoms with Crippen LogP contribution in [0.4, 0.5) is 11.4 Å². The Morgan fingerprint density at radius 3 is 2.03 bits per heavy atom. The number of nitrogens with one attached hydrogen (secondary N) is 2. The molecule has 0 spiro atoms. The number of carbonyl (C=O) groups is 1. The van der Waals surface area contributed by atoms with Gasteiger partial charge in [0.15, 0.2) is 0 Å². The summed E-state index contributed by atoms with van der Waals surface area (Å²) >= 11 is 0. The quantitative estimate of drug-likeness (QED) is 0.396. The Hall–Kier alpha value is -3.98. The first-order valence-corrected chi connectivity index (χ1v) is 12.0. The van der Waals surface area contributed by atoms with E-state index in [1.807, 2.05) is 51.1 Å². The second-order valence-electron chi connectivity index (χ2n) is 8.69. The summed E-state index contributed by atoms with van der Waals surface area (Å²) in [6.07, 6.45) is 0. The Morgan fingerprint density at radius 1 is 0.794 bits per heavy atom. The maximum absolute atomic E-state index is 13.0. The molecule has 2 N–H and O–H groups in total. The highest BCUT2D eigenvalue weighted by atomic mass is 32.2. The SMILES string of the molecule is CC(C)(C)C(=O)Nc1ccc(NS(=O)(=O)c2cccc(-c3nnc(-c4ccccc4)o3)c2)cc1. The van der Waals surface area contributed by atoms with Gasteiger partial charge in [0.2, 0.25) is 17.7 Å². The van der Waals surface area contributed by atoms with E-state index in [-0.39, 0.29) is 16.7 Å². The molecule has 0 aliphatic rings. The minimum Gasteiger partial charge on any atom is -0.416 e. The summed E-state index contributed by atoms with van der Waals surface area (Å²) in [4.78, 5) is 12.2. The lowest BCUT2D eigenvalue weighted by Crippen LogP contribution is -2.27. The largest absolute Gasteiger partial charge is 0.416 e. The lowest BCUT2D eigenvalue weighted by Gasteiger charge is -2.17. The number of aromatic nitrogens is 2. The van der Waals surface area contributed by atoms with Gasteiger partial charge >= 0.3 is 0 Å². The van der Waals surface area contributed by atoms with Crippen molar-refractivity contribution in [1.82, 2.24) is 10.2 Å². The van der Waals surface area contributed by atoms with Gasteiger partial charge in [-0.05, 0) is 54.6 Å². The van der Waals surface area contributed by atoms with Gasteiger partial charge in [-0.15, -0.1) is 10.2 Å². The highest BCUT2D eigenvalue weighted by Gasteiger charge is 2.21. The van der Waals surface area contributed by atoms with Crippen molar-refractivity contribution in [3.63, 3.8) is 0 Å². The van der Waals surface area contributed by atoms with Gasteiger partial charge in [0.05, 0.1) is 4.90 Å². The number of hydrogen-bond acceptors (Lipinski definition) is 6. The minimum absolute atomic E-state index is 0.0505. The van der Waals surface area contributed by atoms with E-state index in [0.717, 1.165) is 5.56 Å². The van der Waals surface area contributed by atoms with Crippen molar-refractivity contribution in [2.45, 2.75) is 25.7 Å². The fourth-order valence-electron chi connectivity index (χ4n) is 2.99. The van der Waals surface area contributed by atoms with Crippen molar-refractivity contribution in [2.24, 2.45) is 5.41 Å². The Kier molecular flexibility index (Phi) is 6.21. The molecule has 1 heterocycles. The first kappa shape index (κ1) is 23.2. The molecular formula is C25H24N4O4S. The molecule has 0 aliphatic carbocycles. The molecule has 1 amide bonds. The molecule has 0 fully saturated rings. The molecule has 9 heteroatoms. The molecule has 0 atom stereocenters. The normalized spacial score (nSPS) is 11.7. The average Bonchev–Trinajstić information content (AvgIpc) is 3.31. The molecule has 0 bridgehead atoms. The molecular weight excluding hydrogens is 452 g/mol. The maximum Gasteiger partial charge on any atom is 0.261 e. The van der Waals surface area contributed by atoms with Crippen LogP contribution in [0, 0.1) is 5.41 Å². The Labute approximate surface area is 198 Å². The topological polar surface area (TPSA) is 114 Å². The molecule has 0 aliphatic heterocycles. The van der Waals surface area contributed by atoms with Crippen molar-refractivity contribution in [3.05, 3.63) is 78.9 Å². The second-order valence-corrected chi connectivity index (χ2v) is 10.4. The zero-order valence-corrected chi connectivity index (χ0v) is 19.8. The van der Waals surface area contributed by atoms with Gasteiger partial charge in [0, 0.05) is 27.9 Å². The van der Waals surface area contributed by atoms with E-state index in [2.05, 4.69) is 20.2 Å². The fourth-order valence-corrected chi connectivity index (χ4v) is 4.09. The van der Waals surface area contributed by atoms with Crippen molar-refractivity contribution in [2.75, 3.05) is 10.0 Å². The third-order valence-electron chi connectivity index (χ3n) is 4.91. The highest BCUT2D eigenvalue weighted by molar-refractivity contribution is 7.92. The predicted molar refractivity (Wildman–Crippen MR) is 131 cm³/mol. The Morgan fingerprint density at radius 2 is 1.38 bits per heavy atom. The lowest BCUT2D eigenvalue weighted by molar-refractivity contribution is -0.123. The van der Waals surface area contributed by atoms with E-state index < -0.39 is 15.4 Å². The summed E-state index contributed by atoms with van der Waals surface area (Å²) in [7, 11) is -3.88. The monoisotopic (exact) mass is 476 g/mol. The van der Waals surface area contributed by atoms with Crippen LogP contribution in [0.25, 0.3) is 22.9 Å². The van der Waals surface area contributed by atoms with Gasteiger partial charge in [0.25, 0.3) is 10.0 Å². The molecule has 4 aromatic rings. The van der Waals surface area contributed by atoms with Gasteiger partial charge in [0.1, 0.15) is 0 Å². The van der Waals surface area contributed by atoms with Crippen molar-refractivity contribution in [3.8, 4) is 22.9 Å². The molecule has 174 valence electrons. The Balaban J connectivity index is 1.51. The molecule has 3 aromatic carbocycles. The minimum atomic E-state index is -3.88. The molecule has 8 nitrogen and oxygen atoms in total. The number of benzene rings is 3. The third kappa shape index (κ3) is 5.32. The summed E-state index contributed by atoms with van der Waals surface area (Å²) in [5.41, 5.74) is 1.66. The van der Waals surface area contributed by atoms with Crippen molar-refractivity contribution < 1.29 is 17.6 Å². The molecule has 1 aromatic heterocycles. The zero-order chi connectivity index (χ0) is 24.3. The predicted octanol–water partition coefficient (Wildman–Crippen LogP) is 5.19. The van der Waals surface area contributed by atoms with E-state index >= 15 is 0 Å².